The van der Waals surface area contributed by atoms with Crippen LogP contribution in [0.3, 0.4) is 0 Å². The van der Waals surface area contributed by atoms with E-state index in [2.05, 4.69) is 24.1 Å². The number of hydrogen-bond donors (Lipinski definition) is 1. The molecule has 0 unspecified atom stereocenters. The van der Waals surface area contributed by atoms with Crippen molar-refractivity contribution in [2.24, 2.45) is 0 Å². The van der Waals surface area contributed by atoms with Crippen molar-refractivity contribution in [2.75, 3.05) is 46.0 Å². The topological polar surface area (TPSA) is 50.8 Å². The fourth-order valence-electron chi connectivity index (χ4n) is 1.86. The Bertz CT molecular complexity index is 238. The van der Waals surface area contributed by atoms with Gasteiger partial charge in [-0.15, -0.1) is 0 Å². The molecule has 1 rings (SSSR count). The molecule has 0 bridgehead atoms. The molecule has 0 amide bonds. The second kappa shape index (κ2) is 6.93. The molecule has 0 aromatic rings. The van der Waals surface area contributed by atoms with Crippen molar-refractivity contribution in [1.29, 1.82) is 0 Å². The number of carbonyl (C=O) groups is 1. The third-order valence-corrected chi connectivity index (χ3v) is 3.15. The van der Waals surface area contributed by atoms with Crippen LogP contribution in [0.5, 0.6) is 0 Å². The Morgan fingerprint density at radius 1 is 1.35 bits per heavy atom. The predicted molar refractivity (Wildman–Crippen MR) is 66.0 cm³/mol. The lowest BCUT2D eigenvalue weighted by Crippen LogP contribution is -2.67. The van der Waals surface area contributed by atoms with E-state index in [0.29, 0.717) is 19.8 Å². The van der Waals surface area contributed by atoms with E-state index in [0.717, 1.165) is 26.2 Å². The van der Waals surface area contributed by atoms with E-state index in [1.165, 1.54) is 0 Å². The van der Waals surface area contributed by atoms with Gasteiger partial charge in [0.05, 0.1) is 19.8 Å². The van der Waals surface area contributed by atoms with Gasteiger partial charge in [0, 0.05) is 13.1 Å². The van der Waals surface area contributed by atoms with Crippen molar-refractivity contribution in [3.05, 3.63) is 0 Å². The van der Waals surface area contributed by atoms with Crippen molar-refractivity contribution in [3.8, 4) is 0 Å². The lowest BCUT2D eigenvalue weighted by molar-refractivity contribution is -0.172. The summed E-state index contributed by atoms with van der Waals surface area (Å²) in [5, 5.41) is 3.28. The van der Waals surface area contributed by atoms with Crippen LogP contribution in [0.2, 0.25) is 0 Å². The highest BCUT2D eigenvalue weighted by atomic mass is 16.6. The molecule has 1 saturated heterocycles. The lowest BCUT2D eigenvalue weighted by atomic mass is 9.97. The van der Waals surface area contributed by atoms with E-state index in [4.69, 9.17) is 9.47 Å². The Hall–Kier alpha value is -0.650. The summed E-state index contributed by atoms with van der Waals surface area (Å²) in [4.78, 5) is 14.1. The first-order valence-electron chi connectivity index (χ1n) is 6.40. The van der Waals surface area contributed by atoms with E-state index >= 15 is 0 Å². The Kier molecular flexibility index (Phi) is 5.88. The number of nitrogens with one attached hydrogen (secondary N) is 1. The maximum atomic E-state index is 11.8. The molecule has 0 radical (unpaired) electrons. The largest absolute Gasteiger partial charge is 0.464 e. The lowest BCUT2D eigenvalue weighted by Gasteiger charge is -2.39. The van der Waals surface area contributed by atoms with Crippen LogP contribution in [0.15, 0.2) is 0 Å². The van der Waals surface area contributed by atoms with Gasteiger partial charge in [-0.05, 0) is 20.0 Å². The van der Waals surface area contributed by atoms with Gasteiger partial charge < -0.3 is 14.4 Å². The molecule has 0 atom stereocenters. The molecule has 1 aliphatic heterocycles. The highest BCUT2D eigenvalue weighted by Gasteiger charge is 2.46. The van der Waals surface area contributed by atoms with Gasteiger partial charge >= 0.3 is 5.97 Å². The first-order chi connectivity index (χ1) is 8.18. The highest BCUT2D eigenvalue weighted by Crippen LogP contribution is 2.18. The third kappa shape index (κ3) is 3.66. The molecule has 100 valence electrons. The molecule has 0 spiro atoms. The number of hydrogen-bond acceptors (Lipinski definition) is 5. The summed E-state index contributed by atoms with van der Waals surface area (Å²) in [6.07, 6.45) is 0. The second-order valence-electron chi connectivity index (χ2n) is 4.25. The maximum absolute atomic E-state index is 11.8. The molecule has 0 aliphatic carbocycles. The fraction of sp³-hybridized carbons (Fsp3) is 0.917. The Labute approximate surface area is 103 Å². The number of esters is 1. The van der Waals surface area contributed by atoms with E-state index < -0.39 is 5.54 Å². The van der Waals surface area contributed by atoms with Gasteiger partial charge in [-0.25, -0.2) is 4.79 Å². The summed E-state index contributed by atoms with van der Waals surface area (Å²) in [5.74, 6) is -0.189. The van der Waals surface area contributed by atoms with Gasteiger partial charge in [0.15, 0.2) is 5.54 Å². The van der Waals surface area contributed by atoms with Crippen molar-refractivity contribution in [1.82, 2.24) is 10.2 Å². The summed E-state index contributed by atoms with van der Waals surface area (Å²) >= 11 is 0. The van der Waals surface area contributed by atoms with Crippen molar-refractivity contribution in [3.63, 3.8) is 0 Å². The second-order valence-corrected chi connectivity index (χ2v) is 4.25. The van der Waals surface area contributed by atoms with Crippen LogP contribution in [-0.4, -0.2) is 62.4 Å². The quantitative estimate of drug-likeness (QED) is 0.620. The zero-order chi connectivity index (χ0) is 12.7. The normalized spacial score (nSPS) is 17.9. The first-order valence-corrected chi connectivity index (χ1v) is 6.40. The summed E-state index contributed by atoms with van der Waals surface area (Å²) in [7, 11) is 0. The van der Waals surface area contributed by atoms with Crippen LogP contribution in [0.1, 0.15) is 20.8 Å². The molecule has 5 heteroatoms. The van der Waals surface area contributed by atoms with Gasteiger partial charge in [-0.1, -0.05) is 13.8 Å². The monoisotopic (exact) mass is 244 g/mol. The predicted octanol–water partition coefficient (Wildman–Crippen LogP) is 0.250. The molecule has 0 saturated carbocycles. The van der Waals surface area contributed by atoms with Crippen LogP contribution < -0.4 is 5.32 Å². The number of likely N-dealkylation sites (N-methyl/N-ethyl adjacent to an activating group) is 1. The van der Waals surface area contributed by atoms with E-state index in [-0.39, 0.29) is 5.97 Å². The van der Waals surface area contributed by atoms with E-state index in [9.17, 15) is 4.79 Å². The summed E-state index contributed by atoms with van der Waals surface area (Å²) in [6, 6.07) is 0. The smallest absolute Gasteiger partial charge is 0.331 e. The average molecular weight is 244 g/mol. The van der Waals surface area contributed by atoms with Crippen LogP contribution >= 0.6 is 0 Å². The van der Waals surface area contributed by atoms with Crippen LogP contribution in [-0.2, 0) is 14.3 Å². The number of rotatable bonds is 8. The van der Waals surface area contributed by atoms with Crippen molar-refractivity contribution < 1.29 is 14.3 Å². The third-order valence-electron chi connectivity index (χ3n) is 3.15. The molecule has 0 aromatic heterocycles. The van der Waals surface area contributed by atoms with Crippen LogP contribution in [0.4, 0.5) is 0 Å². The number of ether oxygens (including phenoxy) is 2. The molecule has 1 fully saturated rings. The van der Waals surface area contributed by atoms with Gasteiger partial charge in [0.1, 0.15) is 0 Å². The number of nitrogens with zero attached hydrogens (tertiary/aromatic N) is 1. The van der Waals surface area contributed by atoms with Crippen LogP contribution in [0.25, 0.3) is 0 Å². The Morgan fingerprint density at radius 3 is 2.41 bits per heavy atom. The van der Waals surface area contributed by atoms with E-state index in [1.807, 2.05) is 6.92 Å². The van der Waals surface area contributed by atoms with Gasteiger partial charge in [0.2, 0.25) is 0 Å². The first kappa shape index (κ1) is 14.4. The molecule has 0 aromatic carbocycles. The SMILES string of the molecule is CCOC(=O)C1(NCCN(CC)CC)COC1. The Balaban J connectivity index is 2.34. The van der Waals surface area contributed by atoms with Crippen molar-refractivity contribution >= 4 is 5.97 Å². The van der Waals surface area contributed by atoms with Gasteiger partial charge in [0.25, 0.3) is 0 Å². The average Bonchev–Trinajstić information content (AvgIpc) is 2.27. The molecule has 1 aliphatic rings. The number of carbonyl (C=O) groups excluding carboxylic acids is 1. The summed E-state index contributed by atoms with van der Waals surface area (Å²) in [6.45, 7) is 11.1. The van der Waals surface area contributed by atoms with E-state index in [1.54, 1.807) is 0 Å². The zero-order valence-corrected chi connectivity index (χ0v) is 11.1. The standard InChI is InChI=1S/C12H24N2O3/c1-4-14(5-2)8-7-13-12(9-16-10-12)11(15)17-6-3/h13H,4-10H2,1-3H3. The molecular formula is C12H24N2O3. The molecule has 5 nitrogen and oxygen atoms in total. The minimum Gasteiger partial charge on any atom is -0.464 e. The summed E-state index contributed by atoms with van der Waals surface area (Å²) < 4.78 is 10.2. The summed E-state index contributed by atoms with van der Waals surface area (Å²) in [5.41, 5.74) is -0.594. The maximum Gasteiger partial charge on any atom is 0.331 e. The highest BCUT2D eigenvalue weighted by molar-refractivity contribution is 5.82. The Morgan fingerprint density at radius 2 is 2.00 bits per heavy atom. The van der Waals surface area contributed by atoms with Crippen molar-refractivity contribution in [2.45, 2.75) is 26.3 Å². The van der Waals surface area contributed by atoms with Gasteiger partial charge in [-0.2, -0.15) is 0 Å². The van der Waals surface area contributed by atoms with Gasteiger partial charge in [-0.3, -0.25) is 5.32 Å². The minimum absolute atomic E-state index is 0.189. The minimum atomic E-state index is -0.594. The van der Waals surface area contributed by atoms with Crippen LogP contribution in [0, 0.1) is 0 Å². The molecule has 17 heavy (non-hydrogen) atoms. The molecular weight excluding hydrogens is 220 g/mol. The zero-order valence-electron chi connectivity index (χ0n) is 11.1. The fourth-order valence-corrected chi connectivity index (χ4v) is 1.86. The molecule has 1 heterocycles. The molecule has 1 N–H and O–H groups in total.